The van der Waals surface area contributed by atoms with Crippen LogP contribution in [0.25, 0.3) is 0 Å². The number of nitrogens with zero attached hydrogens (tertiary/aromatic N) is 2. The van der Waals surface area contributed by atoms with Crippen molar-refractivity contribution in [2.24, 2.45) is 0 Å². The summed E-state index contributed by atoms with van der Waals surface area (Å²) in [6, 6.07) is 7.79. The molecule has 1 aromatic carbocycles. The first-order chi connectivity index (χ1) is 9.78. The van der Waals surface area contributed by atoms with Crippen molar-refractivity contribution in [2.75, 3.05) is 6.54 Å². The van der Waals surface area contributed by atoms with Gasteiger partial charge in [-0.05, 0) is 37.0 Å². The summed E-state index contributed by atoms with van der Waals surface area (Å²) in [5, 5.41) is 9.50. The fourth-order valence-electron chi connectivity index (χ4n) is 1.75. The van der Waals surface area contributed by atoms with Crippen LogP contribution in [0.3, 0.4) is 0 Å². The SMILES string of the molecule is [NH3+]CCCCCc1nnc(SCc2ccc(Cl)cc2)o1. The molecule has 6 heteroatoms. The molecule has 1 heterocycles. The fraction of sp³-hybridized carbons (Fsp3) is 0.429. The molecule has 0 aliphatic carbocycles. The number of aromatic nitrogens is 2. The maximum absolute atomic E-state index is 5.85. The number of halogens is 1. The Morgan fingerprint density at radius 3 is 2.65 bits per heavy atom. The lowest BCUT2D eigenvalue weighted by molar-refractivity contribution is -0.368. The molecule has 0 amide bonds. The average Bonchev–Trinajstić information content (AvgIpc) is 2.91. The molecule has 0 atom stereocenters. The molecule has 0 aliphatic rings. The lowest BCUT2D eigenvalue weighted by Crippen LogP contribution is -2.50. The Morgan fingerprint density at radius 2 is 1.90 bits per heavy atom. The van der Waals surface area contributed by atoms with E-state index in [2.05, 4.69) is 15.9 Å². The molecule has 0 aliphatic heterocycles. The highest BCUT2D eigenvalue weighted by atomic mass is 35.5. The van der Waals surface area contributed by atoms with Crippen LogP contribution in [-0.4, -0.2) is 16.7 Å². The van der Waals surface area contributed by atoms with Crippen LogP contribution in [0, 0.1) is 0 Å². The summed E-state index contributed by atoms with van der Waals surface area (Å²) in [6.07, 6.45) is 4.26. The smallest absolute Gasteiger partial charge is 0.276 e. The molecule has 2 aromatic rings. The van der Waals surface area contributed by atoms with Gasteiger partial charge in [-0.3, -0.25) is 0 Å². The number of hydrogen-bond donors (Lipinski definition) is 1. The Balaban J connectivity index is 1.76. The zero-order valence-corrected chi connectivity index (χ0v) is 12.9. The van der Waals surface area contributed by atoms with Gasteiger partial charge in [0.1, 0.15) is 0 Å². The summed E-state index contributed by atoms with van der Waals surface area (Å²) in [7, 11) is 0. The molecule has 1 aromatic heterocycles. The van der Waals surface area contributed by atoms with Gasteiger partial charge in [-0.1, -0.05) is 35.5 Å². The molecule has 108 valence electrons. The highest BCUT2D eigenvalue weighted by Gasteiger charge is 2.07. The van der Waals surface area contributed by atoms with E-state index < -0.39 is 0 Å². The van der Waals surface area contributed by atoms with E-state index in [9.17, 15) is 0 Å². The van der Waals surface area contributed by atoms with Gasteiger partial charge in [-0.2, -0.15) is 0 Å². The third-order valence-electron chi connectivity index (χ3n) is 2.86. The Labute approximate surface area is 128 Å². The first-order valence-corrected chi connectivity index (χ1v) is 8.13. The normalized spacial score (nSPS) is 10.9. The van der Waals surface area contributed by atoms with Gasteiger partial charge in [0.05, 0.1) is 6.54 Å². The molecular formula is C14H19ClN3OS+. The standard InChI is InChI=1S/C14H18ClN3OS/c15-12-7-5-11(6-8-12)10-20-14-18-17-13(19-14)4-2-1-3-9-16/h5-8H,1-4,9-10,16H2/p+1. The molecule has 0 bridgehead atoms. The number of unbranched alkanes of at least 4 members (excludes halogenated alkanes) is 2. The number of hydrogen-bond acceptors (Lipinski definition) is 4. The van der Waals surface area contributed by atoms with Crippen LogP contribution >= 0.6 is 23.4 Å². The lowest BCUT2D eigenvalue weighted by atomic mass is 10.2. The number of rotatable bonds is 8. The van der Waals surface area contributed by atoms with Gasteiger partial charge in [0, 0.05) is 17.2 Å². The second kappa shape index (κ2) is 8.29. The maximum atomic E-state index is 5.85. The van der Waals surface area contributed by atoms with Crippen LogP contribution in [0.5, 0.6) is 0 Å². The van der Waals surface area contributed by atoms with Crippen LogP contribution in [0.1, 0.15) is 30.7 Å². The van der Waals surface area contributed by atoms with Gasteiger partial charge in [-0.25, -0.2) is 0 Å². The quantitative estimate of drug-likeness (QED) is 0.601. The van der Waals surface area contributed by atoms with E-state index in [-0.39, 0.29) is 0 Å². The number of quaternary nitrogens is 1. The van der Waals surface area contributed by atoms with Crippen molar-refractivity contribution in [3.63, 3.8) is 0 Å². The van der Waals surface area contributed by atoms with Crippen molar-refractivity contribution >= 4 is 23.4 Å². The number of thioether (sulfide) groups is 1. The first-order valence-electron chi connectivity index (χ1n) is 6.77. The minimum absolute atomic E-state index is 0.632. The third-order valence-corrected chi connectivity index (χ3v) is 4.01. The molecule has 0 fully saturated rings. The summed E-state index contributed by atoms with van der Waals surface area (Å²) < 4.78 is 5.61. The molecule has 0 spiro atoms. The highest BCUT2D eigenvalue weighted by molar-refractivity contribution is 7.98. The summed E-state index contributed by atoms with van der Waals surface area (Å²) in [5.41, 5.74) is 5.02. The zero-order chi connectivity index (χ0) is 14.2. The minimum atomic E-state index is 0.632. The summed E-state index contributed by atoms with van der Waals surface area (Å²) in [5.74, 6) is 1.54. The molecular weight excluding hydrogens is 294 g/mol. The van der Waals surface area contributed by atoms with Crippen LogP contribution in [0.4, 0.5) is 0 Å². The van der Waals surface area contributed by atoms with Gasteiger partial charge in [-0.15, -0.1) is 10.2 Å². The number of benzene rings is 1. The van der Waals surface area contributed by atoms with E-state index >= 15 is 0 Å². The molecule has 0 unspecified atom stereocenters. The van der Waals surface area contributed by atoms with Crippen LogP contribution in [0.15, 0.2) is 33.9 Å². The molecule has 0 radical (unpaired) electrons. The van der Waals surface area contributed by atoms with Gasteiger partial charge in [0.15, 0.2) is 0 Å². The average molecular weight is 313 g/mol. The molecule has 2 rings (SSSR count). The van der Waals surface area contributed by atoms with Crippen molar-refractivity contribution in [3.05, 3.63) is 40.7 Å². The molecule has 0 saturated carbocycles. The maximum Gasteiger partial charge on any atom is 0.276 e. The molecule has 4 nitrogen and oxygen atoms in total. The van der Waals surface area contributed by atoms with E-state index in [1.807, 2.05) is 24.3 Å². The largest absolute Gasteiger partial charge is 0.416 e. The van der Waals surface area contributed by atoms with Crippen molar-refractivity contribution in [1.82, 2.24) is 10.2 Å². The van der Waals surface area contributed by atoms with Crippen molar-refractivity contribution in [2.45, 2.75) is 36.7 Å². The topological polar surface area (TPSA) is 66.6 Å². The predicted octanol–water partition coefficient (Wildman–Crippen LogP) is 2.97. The third kappa shape index (κ3) is 5.15. The monoisotopic (exact) mass is 312 g/mol. The summed E-state index contributed by atoms with van der Waals surface area (Å²) in [4.78, 5) is 0. The Bertz CT molecular complexity index is 515. The lowest BCUT2D eigenvalue weighted by Gasteiger charge is -1.98. The predicted molar refractivity (Wildman–Crippen MR) is 80.6 cm³/mol. The second-order valence-corrected chi connectivity index (χ2v) is 5.90. The van der Waals surface area contributed by atoms with Crippen molar-refractivity contribution in [3.8, 4) is 0 Å². The van der Waals surface area contributed by atoms with Crippen molar-refractivity contribution < 1.29 is 10.2 Å². The van der Waals surface area contributed by atoms with E-state index in [0.29, 0.717) is 5.22 Å². The van der Waals surface area contributed by atoms with Crippen molar-refractivity contribution in [1.29, 1.82) is 0 Å². The summed E-state index contributed by atoms with van der Waals surface area (Å²) >= 11 is 7.40. The van der Waals surface area contributed by atoms with Crippen LogP contribution < -0.4 is 5.73 Å². The van der Waals surface area contributed by atoms with Gasteiger partial charge >= 0.3 is 0 Å². The van der Waals surface area contributed by atoms with E-state index in [4.69, 9.17) is 16.0 Å². The molecule has 20 heavy (non-hydrogen) atoms. The molecule has 0 saturated heterocycles. The van der Waals surface area contributed by atoms with Gasteiger partial charge in [0.25, 0.3) is 5.22 Å². The van der Waals surface area contributed by atoms with Gasteiger partial charge in [0.2, 0.25) is 5.89 Å². The van der Waals surface area contributed by atoms with Crippen LogP contribution in [-0.2, 0) is 12.2 Å². The van der Waals surface area contributed by atoms with E-state index in [1.54, 1.807) is 11.8 Å². The first kappa shape index (κ1) is 15.4. The van der Waals surface area contributed by atoms with Crippen LogP contribution in [0.2, 0.25) is 5.02 Å². The molecule has 3 N–H and O–H groups in total. The van der Waals surface area contributed by atoms with E-state index in [1.165, 1.54) is 12.0 Å². The summed E-state index contributed by atoms with van der Waals surface area (Å²) in [6.45, 7) is 0.992. The van der Waals surface area contributed by atoms with E-state index in [0.717, 1.165) is 42.5 Å². The Morgan fingerprint density at radius 1 is 1.10 bits per heavy atom. The minimum Gasteiger partial charge on any atom is -0.416 e. The Kier molecular flexibility index (Phi) is 6.36. The fourth-order valence-corrected chi connectivity index (χ4v) is 2.62. The number of aryl methyl sites for hydroxylation is 1. The van der Waals surface area contributed by atoms with Gasteiger partial charge < -0.3 is 10.2 Å². The Hall–Kier alpha value is -1.04. The second-order valence-electron chi connectivity index (χ2n) is 4.54. The highest BCUT2D eigenvalue weighted by Crippen LogP contribution is 2.22. The zero-order valence-electron chi connectivity index (χ0n) is 11.3.